The van der Waals surface area contributed by atoms with Crippen LogP contribution in [0.3, 0.4) is 0 Å². The molecule has 0 spiro atoms. The van der Waals surface area contributed by atoms with Gasteiger partial charge in [-0.25, -0.2) is 4.57 Å². The van der Waals surface area contributed by atoms with Crippen molar-refractivity contribution in [2.24, 2.45) is 0 Å². The Bertz CT molecular complexity index is 340. The van der Waals surface area contributed by atoms with Crippen molar-refractivity contribution in [3.63, 3.8) is 0 Å². The zero-order valence-electron chi connectivity index (χ0n) is 6.44. The van der Waals surface area contributed by atoms with Crippen LogP contribution in [0.25, 0.3) is 0 Å². The number of benzene rings is 1. The first-order valence-corrected chi connectivity index (χ1v) is 5.73. The smallest absolute Gasteiger partial charge is 0.311 e. The van der Waals surface area contributed by atoms with E-state index in [0.717, 1.165) is 4.47 Å². The highest BCUT2D eigenvalue weighted by Gasteiger charge is 2.11. The fourth-order valence-electron chi connectivity index (χ4n) is 0.696. The van der Waals surface area contributed by atoms with Crippen molar-refractivity contribution in [3.8, 4) is 0 Å². The van der Waals surface area contributed by atoms with E-state index < -0.39 is 7.75 Å². The molecule has 0 aromatic heterocycles. The molecule has 0 amide bonds. The SMILES string of the molecule is O=P(O)(O)NNc1ccccc1Br. The molecular formula is C6H8BrN2O3P. The van der Waals surface area contributed by atoms with Crippen LogP contribution in [0.4, 0.5) is 5.69 Å². The third-order valence-electron chi connectivity index (χ3n) is 1.21. The normalized spacial score (nSPS) is 11.3. The Labute approximate surface area is 83.5 Å². The molecule has 5 nitrogen and oxygen atoms in total. The summed E-state index contributed by atoms with van der Waals surface area (Å²) in [7, 11) is -4.23. The van der Waals surface area contributed by atoms with Crippen LogP contribution in [0.15, 0.2) is 28.7 Å². The maximum absolute atomic E-state index is 10.4. The van der Waals surface area contributed by atoms with Crippen molar-refractivity contribution in [2.75, 3.05) is 5.43 Å². The van der Waals surface area contributed by atoms with Crippen molar-refractivity contribution in [3.05, 3.63) is 28.7 Å². The molecule has 1 rings (SSSR count). The lowest BCUT2D eigenvalue weighted by Crippen LogP contribution is -2.17. The fraction of sp³-hybridized carbons (Fsp3) is 0. The number of anilines is 1. The fourth-order valence-corrected chi connectivity index (χ4v) is 1.35. The summed E-state index contributed by atoms with van der Waals surface area (Å²) in [6.07, 6.45) is 0. The van der Waals surface area contributed by atoms with Crippen molar-refractivity contribution in [1.82, 2.24) is 5.20 Å². The van der Waals surface area contributed by atoms with E-state index in [1.807, 2.05) is 5.20 Å². The predicted octanol–water partition coefficient (Wildman–Crippen LogP) is 1.46. The van der Waals surface area contributed by atoms with Crippen LogP contribution < -0.4 is 10.6 Å². The number of rotatable bonds is 3. The number of para-hydroxylation sites is 1. The number of nitrogens with one attached hydrogen (secondary N) is 2. The van der Waals surface area contributed by atoms with Gasteiger partial charge < -0.3 is 15.2 Å². The zero-order valence-corrected chi connectivity index (χ0v) is 8.92. The van der Waals surface area contributed by atoms with Crippen molar-refractivity contribution in [2.45, 2.75) is 0 Å². The van der Waals surface area contributed by atoms with Crippen LogP contribution in [0, 0.1) is 0 Å². The molecule has 0 unspecified atom stereocenters. The minimum absolute atomic E-state index is 0.561. The van der Waals surface area contributed by atoms with Gasteiger partial charge in [0.05, 0.1) is 5.69 Å². The second-order valence-corrected chi connectivity index (χ2v) is 4.43. The van der Waals surface area contributed by atoms with Crippen molar-refractivity contribution >= 4 is 29.4 Å². The quantitative estimate of drug-likeness (QED) is 0.492. The molecule has 0 atom stereocenters. The van der Waals surface area contributed by atoms with E-state index in [9.17, 15) is 4.57 Å². The molecule has 0 aliphatic carbocycles. The van der Waals surface area contributed by atoms with Gasteiger partial charge in [0.2, 0.25) is 0 Å². The standard InChI is InChI=1S/C6H8BrN2O3P/c7-5-3-1-2-4-6(5)8-9-13(10,11)12/h1-4,8H,(H3,9,10,11,12). The van der Waals surface area contributed by atoms with Crippen LogP contribution in [0.1, 0.15) is 0 Å². The average Bonchev–Trinajstić information content (AvgIpc) is 2.01. The molecule has 0 aliphatic heterocycles. The van der Waals surface area contributed by atoms with Crippen LogP contribution in [0.5, 0.6) is 0 Å². The molecule has 4 N–H and O–H groups in total. The Kier molecular flexibility index (Phi) is 3.47. The molecule has 0 heterocycles. The zero-order chi connectivity index (χ0) is 9.90. The Morgan fingerprint density at radius 1 is 1.31 bits per heavy atom. The molecule has 13 heavy (non-hydrogen) atoms. The van der Waals surface area contributed by atoms with Gasteiger partial charge in [-0.05, 0) is 28.1 Å². The van der Waals surface area contributed by atoms with E-state index in [0.29, 0.717) is 5.69 Å². The van der Waals surface area contributed by atoms with E-state index in [4.69, 9.17) is 9.79 Å². The molecule has 0 aliphatic rings. The highest BCUT2D eigenvalue weighted by molar-refractivity contribution is 9.10. The van der Waals surface area contributed by atoms with Crippen LogP contribution >= 0.6 is 23.7 Å². The summed E-state index contributed by atoms with van der Waals surface area (Å²) in [4.78, 5) is 17.0. The van der Waals surface area contributed by atoms with Gasteiger partial charge in [-0.3, -0.25) is 0 Å². The second kappa shape index (κ2) is 4.21. The minimum Gasteiger partial charge on any atom is -0.311 e. The van der Waals surface area contributed by atoms with Gasteiger partial charge in [-0.15, -0.1) is 5.20 Å². The summed E-state index contributed by atoms with van der Waals surface area (Å²) < 4.78 is 11.1. The highest BCUT2D eigenvalue weighted by Crippen LogP contribution is 2.29. The monoisotopic (exact) mass is 266 g/mol. The molecular weight excluding hydrogens is 259 g/mol. The molecule has 0 fully saturated rings. The Hall–Kier alpha value is -0.390. The van der Waals surface area contributed by atoms with Crippen LogP contribution in [-0.4, -0.2) is 9.79 Å². The van der Waals surface area contributed by atoms with E-state index in [2.05, 4.69) is 21.4 Å². The van der Waals surface area contributed by atoms with Crippen LogP contribution in [-0.2, 0) is 4.57 Å². The first-order chi connectivity index (χ1) is 5.99. The summed E-state index contributed by atoms with van der Waals surface area (Å²) in [5, 5.41) is 1.87. The van der Waals surface area contributed by atoms with Crippen molar-refractivity contribution in [1.29, 1.82) is 0 Å². The maximum atomic E-state index is 10.4. The predicted molar refractivity (Wildman–Crippen MR) is 52.9 cm³/mol. The first-order valence-electron chi connectivity index (χ1n) is 3.32. The lowest BCUT2D eigenvalue weighted by atomic mass is 10.3. The third-order valence-corrected chi connectivity index (χ3v) is 2.30. The number of hydrogen-bond donors (Lipinski definition) is 4. The maximum Gasteiger partial charge on any atom is 0.417 e. The molecule has 0 radical (unpaired) electrons. The van der Waals surface area contributed by atoms with Gasteiger partial charge in [0.1, 0.15) is 0 Å². The topological polar surface area (TPSA) is 81.6 Å². The van der Waals surface area contributed by atoms with Crippen LogP contribution in [0.2, 0.25) is 0 Å². The van der Waals surface area contributed by atoms with Gasteiger partial charge in [0, 0.05) is 4.47 Å². The van der Waals surface area contributed by atoms with E-state index in [1.165, 1.54) is 0 Å². The molecule has 0 bridgehead atoms. The summed E-state index contributed by atoms with van der Waals surface area (Å²) in [5.41, 5.74) is 2.95. The van der Waals surface area contributed by atoms with Gasteiger partial charge in [-0.2, -0.15) is 0 Å². The highest BCUT2D eigenvalue weighted by atomic mass is 79.9. The molecule has 7 heteroatoms. The number of hydrazine groups is 1. The largest absolute Gasteiger partial charge is 0.417 e. The number of hydrogen-bond acceptors (Lipinski definition) is 2. The van der Waals surface area contributed by atoms with Crippen molar-refractivity contribution < 1.29 is 14.4 Å². The molecule has 1 aromatic carbocycles. The van der Waals surface area contributed by atoms with E-state index in [1.54, 1.807) is 24.3 Å². The summed E-state index contributed by atoms with van der Waals surface area (Å²) >= 11 is 3.21. The average molecular weight is 267 g/mol. The summed E-state index contributed by atoms with van der Waals surface area (Å²) in [6, 6.07) is 6.97. The minimum atomic E-state index is -4.23. The first kappa shape index (κ1) is 10.7. The molecule has 1 aromatic rings. The van der Waals surface area contributed by atoms with E-state index >= 15 is 0 Å². The Morgan fingerprint density at radius 2 is 1.92 bits per heavy atom. The third kappa shape index (κ3) is 3.89. The lowest BCUT2D eigenvalue weighted by Gasteiger charge is -2.10. The van der Waals surface area contributed by atoms with Gasteiger partial charge >= 0.3 is 7.75 Å². The van der Waals surface area contributed by atoms with Gasteiger partial charge in [0.25, 0.3) is 0 Å². The summed E-state index contributed by atoms with van der Waals surface area (Å²) in [5.74, 6) is 0. The second-order valence-electron chi connectivity index (χ2n) is 2.26. The molecule has 72 valence electrons. The van der Waals surface area contributed by atoms with E-state index in [-0.39, 0.29) is 0 Å². The summed E-state index contributed by atoms with van der Waals surface area (Å²) in [6.45, 7) is 0. The van der Waals surface area contributed by atoms with Gasteiger partial charge in [0.15, 0.2) is 0 Å². The Balaban J connectivity index is 2.65. The number of halogens is 1. The van der Waals surface area contributed by atoms with Gasteiger partial charge in [-0.1, -0.05) is 12.1 Å². The molecule has 0 saturated heterocycles. The lowest BCUT2D eigenvalue weighted by molar-refractivity contribution is 0.362. The molecule has 0 saturated carbocycles. The Morgan fingerprint density at radius 3 is 2.46 bits per heavy atom.